The minimum atomic E-state index is 0.362. The Morgan fingerprint density at radius 1 is 1.67 bits per heavy atom. The van der Waals surface area contributed by atoms with Gasteiger partial charge < -0.3 is 4.84 Å². The number of thiazole rings is 1. The Balaban J connectivity index is 1.78. The SMILES string of the molecule is C(=N\OC1CCC1)/c1nccs1. The van der Waals surface area contributed by atoms with Crippen LogP contribution in [-0.4, -0.2) is 17.3 Å². The minimum Gasteiger partial charge on any atom is -0.392 e. The summed E-state index contributed by atoms with van der Waals surface area (Å²) in [5, 5.41) is 6.68. The molecule has 0 aliphatic heterocycles. The summed E-state index contributed by atoms with van der Waals surface area (Å²) in [5.41, 5.74) is 0. The monoisotopic (exact) mass is 182 g/mol. The fourth-order valence-corrected chi connectivity index (χ4v) is 1.42. The van der Waals surface area contributed by atoms with E-state index in [4.69, 9.17) is 4.84 Å². The Kier molecular flexibility index (Phi) is 2.36. The average molecular weight is 182 g/mol. The summed E-state index contributed by atoms with van der Waals surface area (Å²) in [6.45, 7) is 0. The van der Waals surface area contributed by atoms with Crippen LogP contribution in [0.1, 0.15) is 24.3 Å². The van der Waals surface area contributed by atoms with Gasteiger partial charge in [0.1, 0.15) is 17.3 Å². The summed E-state index contributed by atoms with van der Waals surface area (Å²) in [7, 11) is 0. The molecule has 1 aliphatic rings. The Morgan fingerprint density at radius 2 is 2.58 bits per heavy atom. The minimum absolute atomic E-state index is 0.362. The van der Waals surface area contributed by atoms with Gasteiger partial charge in [-0.2, -0.15) is 0 Å². The summed E-state index contributed by atoms with van der Waals surface area (Å²) in [6.07, 6.45) is 7.36. The van der Waals surface area contributed by atoms with Gasteiger partial charge in [0.2, 0.25) is 0 Å². The summed E-state index contributed by atoms with van der Waals surface area (Å²) in [4.78, 5) is 9.23. The number of aromatic nitrogens is 1. The van der Waals surface area contributed by atoms with Crippen molar-refractivity contribution in [2.24, 2.45) is 5.16 Å². The molecule has 1 heterocycles. The van der Waals surface area contributed by atoms with Crippen LogP contribution < -0.4 is 0 Å². The van der Waals surface area contributed by atoms with E-state index in [-0.39, 0.29) is 0 Å². The van der Waals surface area contributed by atoms with Crippen LogP contribution in [0.4, 0.5) is 0 Å². The van der Waals surface area contributed by atoms with Crippen LogP contribution in [0.15, 0.2) is 16.7 Å². The summed E-state index contributed by atoms with van der Waals surface area (Å²) >= 11 is 1.56. The maximum atomic E-state index is 5.19. The van der Waals surface area contributed by atoms with Gasteiger partial charge in [0.25, 0.3) is 0 Å². The highest BCUT2D eigenvalue weighted by atomic mass is 32.1. The molecule has 0 saturated heterocycles. The molecule has 0 bridgehead atoms. The molecule has 0 radical (unpaired) electrons. The molecule has 1 aromatic heterocycles. The van der Waals surface area contributed by atoms with E-state index in [0.717, 1.165) is 17.8 Å². The molecule has 3 nitrogen and oxygen atoms in total. The maximum Gasteiger partial charge on any atom is 0.137 e. The van der Waals surface area contributed by atoms with Crippen LogP contribution in [0.25, 0.3) is 0 Å². The molecule has 2 rings (SSSR count). The van der Waals surface area contributed by atoms with E-state index in [1.807, 2.05) is 5.38 Å². The molecule has 1 aliphatic carbocycles. The van der Waals surface area contributed by atoms with Crippen LogP contribution >= 0.6 is 11.3 Å². The maximum absolute atomic E-state index is 5.19. The second kappa shape index (κ2) is 3.67. The van der Waals surface area contributed by atoms with Crippen LogP contribution in [0.3, 0.4) is 0 Å². The smallest absolute Gasteiger partial charge is 0.137 e. The van der Waals surface area contributed by atoms with Gasteiger partial charge >= 0.3 is 0 Å². The van der Waals surface area contributed by atoms with Gasteiger partial charge in [0.05, 0.1) is 0 Å². The van der Waals surface area contributed by atoms with Gasteiger partial charge in [-0.25, -0.2) is 4.98 Å². The van der Waals surface area contributed by atoms with E-state index >= 15 is 0 Å². The first-order valence-electron chi connectivity index (χ1n) is 4.04. The molecule has 4 heteroatoms. The van der Waals surface area contributed by atoms with Gasteiger partial charge in [0, 0.05) is 11.6 Å². The van der Waals surface area contributed by atoms with E-state index in [2.05, 4.69) is 10.1 Å². The van der Waals surface area contributed by atoms with E-state index in [0.29, 0.717) is 6.10 Å². The molecular formula is C8H10N2OS. The van der Waals surface area contributed by atoms with Crippen molar-refractivity contribution in [1.82, 2.24) is 4.98 Å². The normalized spacial score (nSPS) is 18.0. The van der Waals surface area contributed by atoms with Crippen molar-refractivity contribution < 1.29 is 4.84 Å². The van der Waals surface area contributed by atoms with Gasteiger partial charge in [-0.05, 0) is 19.3 Å². The Morgan fingerprint density at radius 3 is 3.17 bits per heavy atom. The molecule has 12 heavy (non-hydrogen) atoms. The molecule has 0 unspecified atom stereocenters. The van der Waals surface area contributed by atoms with Gasteiger partial charge in [0.15, 0.2) is 0 Å². The van der Waals surface area contributed by atoms with E-state index in [9.17, 15) is 0 Å². The van der Waals surface area contributed by atoms with Crippen LogP contribution in [0.2, 0.25) is 0 Å². The van der Waals surface area contributed by atoms with E-state index in [1.54, 1.807) is 23.7 Å². The standard InChI is InChI=1S/C8H10N2OS/c1-2-7(3-1)11-10-6-8-9-4-5-12-8/h4-7H,1-3H2/b10-6+. The highest BCUT2D eigenvalue weighted by Crippen LogP contribution is 2.21. The van der Waals surface area contributed by atoms with Crippen molar-refractivity contribution in [2.75, 3.05) is 0 Å². The Labute approximate surface area is 75.1 Å². The van der Waals surface area contributed by atoms with Gasteiger partial charge in [-0.3, -0.25) is 0 Å². The predicted molar refractivity (Wildman–Crippen MR) is 48.4 cm³/mol. The van der Waals surface area contributed by atoms with Gasteiger partial charge in [-0.15, -0.1) is 11.3 Å². The lowest BCUT2D eigenvalue weighted by atomic mass is 9.97. The zero-order chi connectivity index (χ0) is 8.23. The predicted octanol–water partition coefficient (Wildman–Crippen LogP) is 2.05. The highest BCUT2D eigenvalue weighted by molar-refractivity contribution is 7.11. The molecule has 0 N–H and O–H groups in total. The van der Waals surface area contributed by atoms with Crippen molar-refractivity contribution in [3.05, 3.63) is 16.6 Å². The summed E-state index contributed by atoms with van der Waals surface area (Å²) in [5.74, 6) is 0. The number of nitrogens with zero attached hydrogens (tertiary/aromatic N) is 2. The van der Waals surface area contributed by atoms with Gasteiger partial charge in [-0.1, -0.05) is 5.16 Å². The average Bonchev–Trinajstić information content (AvgIpc) is 2.46. The molecule has 0 spiro atoms. The number of hydrogen-bond acceptors (Lipinski definition) is 4. The third-order valence-corrected chi connectivity index (χ3v) is 2.59. The highest BCUT2D eigenvalue weighted by Gasteiger charge is 2.18. The first-order valence-corrected chi connectivity index (χ1v) is 4.92. The first kappa shape index (κ1) is 7.73. The largest absolute Gasteiger partial charge is 0.392 e. The molecule has 0 amide bonds. The third kappa shape index (κ3) is 1.82. The fraction of sp³-hybridized carbons (Fsp3) is 0.500. The first-order chi connectivity index (χ1) is 5.95. The molecular weight excluding hydrogens is 172 g/mol. The van der Waals surface area contributed by atoms with Crippen molar-refractivity contribution in [3.8, 4) is 0 Å². The Hall–Kier alpha value is -0.900. The Bertz CT molecular complexity index is 254. The zero-order valence-electron chi connectivity index (χ0n) is 6.64. The van der Waals surface area contributed by atoms with Crippen LogP contribution in [-0.2, 0) is 4.84 Å². The second-order valence-corrected chi connectivity index (χ2v) is 3.69. The third-order valence-electron chi connectivity index (χ3n) is 1.88. The van der Waals surface area contributed by atoms with Crippen molar-refractivity contribution in [2.45, 2.75) is 25.4 Å². The summed E-state index contributed by atoms with van der Waals surface area (Å²) < 4.78 is 0. The number of oxime groups is 1. The molecule has 1 saturated carbocycles. The molecule has 0 atom stereocenters. The lowest BCUT2D eigenvalue weighted by Crippen LogP contribution is -2.18. The molecule has 64 valence electrons. The topological polar surface area (TPSA) is 34.5 Å². The molecule has 1 aromatic rings. The molecule has 1 fully saturated rings. The molecule has 0 aromatic carbocycles. The zero-order valence-corrected chi connectivity index (χ0v) is 7.46. The van der Waals surface area contributed by atoms with E-state index in [1.165, 1.54) is 6.42 Å². The fourth-order valence-electron chi connectivity index (χ4n) is 0.936. The van der Waals surface area contributed by atoms with Crippen LogP contribution in [0.5, 0.6) is 0 Å². The second-order valence-electron chi connectivity index (χ2n) is 2.76. The lowest BCUT2D eigenvalue weighted by molar-refractivity contribution is 0.00700. The van der Waals surface area contributed by atoms with E-state index < -0.39 is 0 Å². The summed E-state index contributed by atoms with van der Waals surface area (Å²) in [6, 6.07) is 0. The van der Waals surface area contributed by atoms with Crippen molar-refractivity contribution in [1.29, 1.82) is 0 Å². The van der Waals surface area contributed by atoms with Crippen molar-refractivity contribution >= 4 is 17.6 Å². The number of hydrogen-bond donors (Lipinski definition) is 0. The quantitative estimate of drug-likeness (QED) is 0.529. The lowest BCUT2D eigenvalue weighted by Gasteiger charge is -2.22. The number of rotatable bonds is 3. The van der Waals surface area contributed by atoms with Crippen molar-refractivity contribution in [3.63, 3.8) is 0 Å². The van der Waals surface area contributed by atoms with Crippen LogP contribution in [0, 0.1) is 0 Å².